The largest absolute Gasteiger partial charge is 0.464 e. The molecule has 0 aromatic carbocycles. The minimum absolute atomic E-state index is 0.159. The van der Waals surface area contributed by atoms with Crippen molar-refractivity contribution in [2.75, 3.05) is 20.3 Å². The number of hydrogen-bond acceptors (Lipinski definition) is 5. The van der Waals surface area contributed by atoms with Gasteiger partial charge >= 0.3 is 11.9 Å². The van der Waals surface area contributed by atoms with E-state index in [1.165, 1.54) is 7.11 Å². The second-order valence-electron chi connectivity index (χ2n) is 4.20. The maximum absolute atomic E-state index is 12.3. The van der Waals surface area contributed by atoms with E-state index < -0.39 is 20.8 Å². The monoisotopic (exact) mass is 416 g/mol. The van der Waals surface area contributed by atoms with Crippen LogP contribution in [-0.2, 0) is 23.8 Å². The van der Waals surface area contributed by atoms with Crippen molar-refractivity contribution in [3.05, 3.63) is 0 Å². The highest BCUT2D eigenvalue weighted by Crippen LogP contribution is 2.44. The fourth-order valence-electron chi connectivity index (χ4n) is 1.65. The summed E-state index contributed by atoms with van der Waals surface area (Å²) in [7, 11) is 1.42. The maximum Gasteiger partial charge on any atom is 0.338 e. The molecule has 118 valence electrons. The fraction of sp³-hybridized carbons (Fsp3) is 0.846. The Hall–Kier alpha value is -0.140. The third-order valence-electron chi connectivity index (χ3n) is 2.68. The molecule has 5 nitrogen and oxygen atoms in total. The van der Waals surface area contributed by atoms with E-state index in [1.54, 1.807) is 6.92 Å². The van der Waals surface area contributed by atoms with Gasteiger partial charge in [0.25, 0.3) is 4.32 Å². The molecule has 20 heavy (non-hydrogen) atoms. The smallest absolute Gasteiger partial charge is 0.338 e. The van der Waals surface area contributed by atoms with Crippen LogP contribution in [0, 0.1) is 0 Å². The Morgan fingerprint density at radius 2 is 1.55 bits per heavy atom. The summed E-state index contributed by atoms with van der Waals surface area (Å²) in [5.41, 5.74) is 0. The number of alkyl halides is 2. The summed E-state index contributed by atoms with van der Waals surface area (Å²) in [5.74, 6) is -1.45. The van der Waals surface area contributed by atoms with Gasteiger partial charge in [0, 0.05) is 7.11 Å². The van der Waals surface area contributed by atoms with Crippen molar-refractivity contribution in [3.8, 4) is 0 Å². The molecular weight excluding hydrogens is 396 g/mol. The first-order chi connectivity index (χ1) is 9.33. The van der Waals surface area contributed by atoms with Crippen LogP contribution >= 0.6 is 31.9 Å². The van der Waals surface area contributed by atoms with E-state index in [0.29, 0.717) is 19.3 Å². The molecule has 0 saturated heterocycles. The lowest BCUT2D eigenvalue weighted by molar-refractivity contribution is -0.165. The van der Waals surface area contributed by atoms with E-state index >= 15 is 0 Å². The van der Waals surface area contributed by atoms with Crippen molar-refractivity contribution in [2.45, 2.75) is 48.9 Å². The Morgan fingerprint density at radius 3 is 1.95 bits per heavy atom. The van der Waals surface area contributed by atoms with E-state index in [2.05, 4.69) is 31.9 Å². The van der Waals surface area contributed by atoms with E-state index in [0.717, 1.165) is 0 Å². The summed E-state index contributed by atoms with van der Waals surface area (Å²) in [5, 5.41) is 0. The Kier molecular flexibility index (Phi) is 8.93. The molecule has 0 spiro atoms. The van der Waals surface area contributed by atoms with Gasteiger partial charge < -0.3 is 14.2 Å². The van der Waals surface area contributed by atoms with Crippen molar-refractivity contribution >= 4 is 43.8 Å². The topological polar surface area (TPSA) is 61.8 Å². The van der Waals surface area contributed by atoms with Crippen LogP contribution in [0.4, 0.5) is 0 Å². The first-order valence-corrected chi connectivity index (χ1v) is 8.20. The molecule has 0 N–H and O–H groups in total. The Labute approximate surface area is 137 Å². The molecule has 7 heteroatoms. The molecule has 0 bridgehead atoms. The average Bonchev–Trinajstić information content (AvgIpc) is 2.43. The molecule has 0 radical (unpaired) electrons. The molecule has 0 aliphatic heterocycles. The van der Waals surface area contributed by atoms with E-state index in [-0.39, 0.29) is 13.2 Å². The number of rotatable bonds is 9. The van der Waals surface area contributed by atoms with Gasteiger partial charge in [-0.2, -0.15) is 0 Å². The van der Waals surface area contributed by atoms with Crippen LogP contribution in [0.1, 0.15) is 40.0 Å². The summed E-state index contributed by atoms with van der Waals surface area (Å²) >= 11 is 6.57. The van der Waals surface area contributed by atoms with Gasteiger partial charge in [-0.05, 0) is 19.8 Å². The molecule has 0 aliphatic rings. The highest BCUT2D eigenvalue weighted by Gasteiger charge is 2.62. The zero-order valence-electron chi connectivity index (χ0n) is 12.3. The van der Waals surface area contributed by atoms with Crippen LogP contribution in [0.2, 0.25) is 0 Å². The zero-order chi connectivity index (χ0) is 15.8. The van der Waals surface area contributed by atoms with Crippen LogP contribution in [-0.4, -0.2) is 41.1 Å². The summed E-state index contributed by atoms with van der Waals surface area (Å²) in [6.45, 7) is 5.85. The molecule has 2 unspecified atom stereocenters. The average molecular weight is 418 g/mol. The molecule has 0 fully saturated rings. The molecule has 0 aromatic rings. The third kappa shape index (κ3) is 4.18. The van der Waals surface area contributed by atoms with Gasteiger partial charge in [0.15, 0.2) is 4.51 Å². The highest BCUT2D eigenvalue weighted by molar-refractivity contribution is 9.13. The predicted molar refractivity (Wildman–Crippen MR) is 83.1 cm³/mol. The van der Waals surface area contributed by atoms with Crippen molar-refractivity contribution in [2.24, 2.45) is 0 Å². The maximum atomic E-state index is 12.3. The first-order valence-electron chi connectivity index (χ1n) is 6.61. The molecule has 0 aliphatic carbocycles. The Morgan fingerprint density at radius 1 is 1.00 bits per heavy atom. The molecule has 0 aromatic heterocycles. The van der Waals surface area contributed by atoms with Crippen molar-refractivity contribution < 1.29 is 23.8 Å². The normalized spacial score (nSPS) is 16.9. The van der Waals surface area contributed by atoms with Crippen molar-refractivity contribution in [1.29, 1.82) is 0 Å². The summed E-state index contributed by atoms with van der Waals surface area (Å²) in [6.07, 6.45) is 1.79. The number of carbonyl (C=O) groups excluding carboxylic acids is 2. The molecule has 2 atom stereocenters. The Bertz CT molecular complexity index is 337. The van der Waals surface area contributed by atoms with Gasteiger partial charge in [-0.1, -0.05) is 52.1 Å². The molecule has 0 rings (SSSR count). The van der Waals surface area contributed by atoms with Crippen LogP contribution in [0.25, 0.3) is 0 Å². The second kappa shape index (κ2) is 9.00. The van der Waals surface area contributed by atoms with E-state index in [4.69, 9.17) is 14.2 Å². The molecular formula is C13H22Br2O5. The lowest BCUT2D eigenvalue weighted by Gasteiger charge is -2.37. The van der Waals surface area contributed by atoms with Gasteiger partial charge in [-0.15, -0.1) is 0 Å². The number of ether oxygens (including phenoxy) is 3. The highest BCUT2D eigenvalue weighted by atomic mass is 79.9. The standard InChI is InChI=1S/C13H22Br2O5/c1-5-8-12(14,18-4)13(15,10(16)19-7-3)11(17)20-9-6-2/h5-9H2,1-4H3. The quantitative estimate of drug-likeness (QED) is 0.327. The summed E-state index contributed by atoms with van der Waals surface area (Å²) in [4.78, 5) is 24.6. The van der Waals surface area contributed by atoms with Gasteiger partial charge in [0.1, 0.15) is 0 Å². The lowest BCUT2D eigenvalue weighted by atomic mass is 9.98. The summed E-state index contributed by atoms with van der Waals surface area (Å²) < 4.78 is 12.5. The van der Waals surface area contributed by atoms with Gasteiger partial charge in [0.2, 0.25) is 0 Å². The first kappa shape index (κ1) is 19.9. The zero-order valence-corrected chi connectivity index (χ0v) is 15.5. The SMILES string of the molecule is CCCOC(=O)C(Br)(C(=O)OCC)C(Br)(CCC)OC. The van der Waals surface area contributed by atoms with E-state index in [1.807, 2.05) is 13.8 Å². The Balaban J connectivity index is 5.54. The predicted octanol–water partition coefficient (Wildman–Crippen LogP) is 3.17. The number of halogens is 2. The number of esters is 2. The van der Waals surface area contributed by atoms with E-state index in [9.17, 15) is 9.59 Å². The minimum Gasteiger partial charge on any atom is -0.464 e. The molecule has 0 heterocycles. The second-order valence-corrected chi connectivity index (χ2v) is 6.67. The lowest BCUT2D eigenvalue weighted by Crippen LogP contribution is -2.59. The van der Waals surface area contributed by atoms with Crippen LogP contribution in [0.15, 0.2) is 0 Å². The number of methoxy groups -OCH3 is 1. The number of carbonyl (C=O) groups is 2. The molecule has 0 saturated carbocycles. The van der Waals surface area contributed by atoms with Crippen molar-refractivity contribution in [1.82, 2.24) is 0 Å². The fourth-order valence-corrected chi connectivity index (χ4v) is 2.96. The van der Waals surface area contributed by atoms with Crippen LogP contribution < -0.4 is 0 Å². The van der Waals surface area contributed by atoms with Crippen LogP contribution in [0.3, 0.4) is 0 Å². The van der Waals surface area contributed by atoms with Crippen molar-refractivity contribution in [3.63, 3.8) is 0 Å². The van der Waals surface area contributed by atoms with Gasteiger partial charge in [-0.3, -0.25) is 0 Å². The molecule has 0 amide bonds. The van der Waals surface area contributed by atoms with Crippen LogP contribution in [0.5, 0.6) is 0 Å². The van der Waals surface area contributed by atoms with Gasteiger partial charge in [0.05, 0.1) is 13.2 Å². The van der Waals surface area contributed by atoms with Gasteiger partial charge in [-0.25, -0.2) is 9.59 Å². The summed E-state index contributed by atoms with van der Waals surface area (Å²) in [6, 6.07) is 0. The minimum atomic E-state index is -1.74. The number of hydrogen-bond donors (Lipinski definition) is 0. The third-order valence-corrected chi connectivity index (χ3v) is 5.82.